The van der Waals surface area contributed by atoms with E-state index in [9.17, 15) is 27.6 Å². The number of allylic oxidation sites excluding steroid dienone is 1. The summed E-state index contributed by atoms with van der Waals surface area (Å²) in [6.07, 6.45) is 7.53. The van der Waals surface area contributed by atoms with Gasteiger partial charge in [-0.25, -0.2) is 9.52 Å². The summed E-state index contributed by atoms with van der Waals surface area (Å²) in [5.74, 6) is -2.27. The van der Waals surface area contributed by atoms with E-state index in [2.05, 4.69) is 15.4 Å². The molecular weight excluding hydrogens is 598 g/mol. The molecule has 0 bridgehead atoms. The Balaban J connectivity index is 1.54. The van der Waals surface area contributed by atoms with Crippen LogP contribution in [0.3, 0.4) is 0 Å². The maximum Gasteiger partial charge on any atom is 0.408 e. The van der Waals surface area contributed by atoms with Crippen molar-refractivity contribution < 1.29 is 32.3 Å². The molecular formula is C29H40ClN5O7S. The van der Waals surface area contributed by atoms with Crippen molar-refractivity contribution in [3.8, 4) is 0 Å². The first-order valence-corrected chi connectivity index (χ1v) is 16.4. The first-order chi connectivity index (χ1) is 20.2. The number of hydrogen-bond donors (Lipinski definition) is 4. The lowest BCUT2D eigenvalue weighted by atomic mass is 10.0. The van der Waals surface area contributed by atoms with E-state index in [1.807, 2.05) is 16.9 Å². The minimum atomic E-state index is -4.38. The van der Waals surface area contributed by atoms with Gasteiger partial charge in [-0.2, -0.15) is 8.42 Å². The third-order valence-corrected chi connectivity index (χ3v) is 8.94. The van der Waals surface area contributed by atoms with Gasteiger partial charge in [-0.1, -0.05) is 48.7 Å². The number of halogens is 1. The molecule has 4 amide bonds. The summed E-state index contributed by atoms with van der Waals surface area (Å²) in [6.45, 7) is 5.50. The van der Waals surface area contributed by atoms with Gasteiger partial charge in [-0.15, -0.1) is 0 Å². The molecule has 1 saturated carbocycles. The van der Waals surface area contributed by atoms with E-state index in [1.54, 1.807) is 32.9 Å². The number of para-hydroxylation sites is 1. The van der Waals surface area contributed by atoms with Crippen molar-refractivity contribution >= 4 is 51.3 Å². The van der Waals surface area contributed by atoms with Gasteiger partial charge < -0.3 is 20.3 Å². The van der Waals surface area contributed by atoms with Crippen molar-refractivity contribution in [1.82, 2.24) is 20.3 Å². The van der Waals surface area contributed by atoms with Crippen molar-refractivity contribution in [1.29, 1.82) is 0 Å². The molecule has 0 aromatic heterocycles. The molecule has 1 aliphatic carbocycles. The summed E-state index contributed by atoms with van der Waals surface area (Å²) < 4.78 is 35.4. The maximum absolute atomic E-state index is 13.7. The molecule has 4 N–H and O–H groups in total. The normalized spacial score (nSPS) is 27.3. The quantitative estimate of drug-likeness (QED) is 0.360. The standard InChI is InChI=1S/C29H40ClN5O7S/c1-28(2,3)42-27(39)31-22-15-8-6-4-5-7-12-19-18-29(19,32-24(36)23-16-11-17-35(23)25(22)37)26(38)34-43(40,41)33-21-14-10-9-13-20(21)30/h7,9-10,12-14,19,22-23,33H,4-6,8,11,15-18H2,1-3H3,(H,31,39)(H,32,36)(H,34,38)/b12-7-/t19-,22-,23-,29+/m0/s1. The molecule has 236 valence electrons. The van der Waals surface area contributed by atoms with Gasteiger partial charge in [0.1, 0.15) is 23.2 Å². The van der Waals surface area contributed by atoms with Crippen LogP contribution >= 0.6 is 11.6 Å². The van der Waals surface area contributed by atoms with E-state index in [1.165, 1.54) is 17.0 Å². The Kier molecular flexibility index (Phi) is 9.95. The fourth-order valence-electron chi connectivity index (χ4n) is 5.47. The molecule has 0 radical (unpaired) electrons. The molecule has 12 nitrogen and oxygen atoms in total. The van der Waals surface area contributed by atoms with Gasteiger partial charge in [0.15, 0.2) is 0 Å². The monoisotopic (exact) mass is 637 g/mol. The third-order valence-electron chi connectivity index (χ3n) is 7.67. The Morgan fingerprint density at radius 3 is 2.56 bits per heavy atom. The third kappa shape index (κ3) is 8.41. The highest BCUT2D eigenvalue weighted by molar-refractivity contribution is 7.91. The lowest BCUT2D eigenvalue weighted by Crippen LogP contribution is -2.58. The predicted octanol–water partition coefficient (Wildman–Crippen LogP) is 3.39. The van der Waals surface area contributed by atoms with Crippen molar-refractivity contribution in [2.45, 2.75) is 95.4 Å². The molecule has 4 rings (SSSR count). The van der Waals surface area contributed by atoms with Crippen molar-refractivity contribution in [3.63, 3.8) is 0 Å². The second-order valence-corrected chi connectivity index (χ2v) is 14.1. The van der Waals surface area contributed by atoms with E-state index in [-0.39, 0.29) is 17.1 Å². The number of anilines is 1. The van der Waals surface area contributed by atoms with E-state index in [0.29, 0.717) is 38.6 Å². The summed E-state index contributed by atoms with van der Waals surface area (Å²) in [7, 11) is -4.38. The Labute approximate surface area is 257 Å². The van der Waals surface area contributed by atoms with Gasteiger partial charge in [0.05, 0.1) is 10.7 Å². The van der Waals surface area contributed by atoms with Crippen LogP contribution in [0.4, 0.5) is 10.5 Å². The number of nitrogens with zero attached hydrogens (tertiary/aromatic N) is 1. The van der Waals surface area contributed by atoms with Gasteiger partial charge in [-0.3, -0.25) is 19.1 Å². The summed E-state index contributed by atoms with van der Waals surface area (Å²) >= 11 is 6.07. The molecule has 0 unspecified atom stereocenters. The average Bonchev–Trinajstić information content (AvgIpc) is 3.36. The molecule has 2 fully saturated rings. The van der Waals surface area contributed by atoms with Crippen molar-refractivity contribution in [2.24, 2.45) is 5.92 Å². The Hall–Kier alpha value is -3.32. The zero-order valence-corrected chi connectivity index (χ0v) is 26.2. The Bertz CT molecular complexity index is 1380. The lowest BCUT2D eigenvalue weighted by molar-refractivity contribution is -0.141. The Morgan fingerprint density at radius 2 is 1.84 bits per heavy atom. The number of fused-ring (bicyclic) bond motifs is 2. The second-order valence-electron chi connectivity index (χ2n) is 12.2. The van der Waals surface area contributed by atoms with E-state index >= 15 is 0 Å². The summed E-state index contributed by atoms with van der Waals surface area (Å²) in [5, 5.41) is 5.63. The van der Waals surface area contributed by atoms with Crippen LogP contribution in [0.5, 0.6) is 0 Å². The highest BCUT2D eigenvalue weighted by Crippen LogP contribution is 2.45. The SMILES string of the molecule is CC(C)(C)OC(=O)N[C@H]1CCCCC/C=C\[C@H]2C[C@@]2(C(=O)NS(=O)(=O)Nc2ccccc2Cl)NC(=O)[C@@H]2CCCN2C1=O. The molecule has 0 spiro atoms. The van der Waals surface area contributed by atoms with E-state index in [4.69, 9.17) is 16.3 Å². The topological polar surface area (TPSA) is 163 Å². The molecule has 1 aromatic rings. The predicted molar refractivity (Wildman–Crippen MR) is 161 cm³/mol. The largest absolute Gasteiger partial charge is 0.444 e. The molecule has 1 saturated heterocycles. The molecule has 4 atom stereocenters. The molecule has 2 heterocycles. The average molecular weight is 638 g/mol. The summed E-state index contributed by atoms with van der Waals surface area (Å²) in [4.78, 5) is 54.8. The van der Waals surface area contributed by atoms with Crippen LogP contribution in [0.1, 0.15) is 72.1 Å². The number of carbonyl (C=O) groups is 4. The smallest absolute Gasteiger partial charge is 0.408 e. The highest BCUT2D eigenvalue weighted by atomic mass is 35.5. The number of rotatable bonds is 5. The number of amides is 4. The fraction of sp³-hybridized carbons (Fsp3) is 0.586. The van der Waals surface area contributed by atoms with Crippen LogP contribution in [-0.2, 0) is 29.3 Å². The molecule has 3 aliphatic rings. The summed E-state index contributed by atoms with van der Waals surface area (Å²) in [6, 6.07) is 4.43. The van der Waals surface area contributed by atoms with Crippen molar-refractivity contribution in [2.75, 3.05) is 11.3 Å². The fourth-order valence-corrected chi connectivity index (χ4v) is 6.65. The zero-order chi connectivity index (χ0) is 31.4. The number of carbonyl (C=O) groups excluding carboxylic acids is 4. The first-order valence-electron chi connectivity index (χ1n) is 14.6. The van der Waals surface area contributed by atoms with Gasteiger partial charge in [0.25, 0.3) is 5.91 Å². The first kappa shape index (κ1) is 32.6. The number of ether oxygens (including phenoxy) is 1. The van der Waals surface area contributed by atoms with Crippen LogP contribution in [-0.4, -0.2) is 66.9 Å². The van der Waals surface area contributed by atoms with Crippen LogP contribution < -0.4 is 20.1 Å². The molecule has 2 aliphatic heterocycles. The van der Waals surface area contributed by atoms with Gasteiger partial charge >= 0.3 is 16.3 Å². The van der Waals surface area contributed by atoms with Crippen LogP contribution in [0.15, 0.2) is 36.4 Å². The minimum absolute atomic E-state index is 0.0926. The van der Waals surface area contributed by atoms with Crippen LogP contribution in [0.2, 0.25) is 5.02 Å². The van der Waals surface area contributed by atoms with Gasteiger partial charge in [0, 0.05) is 12.5 Å². The second kappa shape index (κ2) is 13.1. The molecule has 1 aromatic carbocycles. The van der Waals surface area contributed by atoms with E-state index in [0.717, 1.165) is 12.8 Å². The van der Waals surface area contributed by atoms with E-state index < -0.39 is 63.2 Å². The minimum Gasteiger partial charge on any atom is -0.444 e. The van der Waals surface area contributed by atoms with Crippen LogP contribution in [0.25, 0.3) is 0 Å². The zero-order valence-electron chi connectivity index (χ0n) is 24.7. The number of nitrogens with one attached hydrogen (secondary N) is 4. The van der Waals surface area contributed by atoms with Gasteiger partial charge in [0.2, 0.25) is 11.8 Å². The highest BCUT2D eigenvalue weighted by Gasteiger charge is 2.61. The summed E-state index contributed by atoms with van der Waals surface area (Å²) in [5.41, 5.74) is -2.16. The Morgan fingerprint density at radius 1 is 1.09 bits per heavy atom. The van der Waals surface area contributed by atoms with Gasteiger partial charge in [-0.05, 0) is 71.4 Å². The van der Waals surface area contributed by atoms with Crippen molar-refractivity contribution in [3.05, 3.63) is 41.4 Å². The molecule has 43 heavy (non-hydrogen) atoms. The number of benzene rings is 1. The lowest BCUT2D eigenvalue weighted by Gasteiger charge is -2.30. The maximum atomic E-state index is 13.7. The number of hydrogen-bond acceptors (Lipinski definition) is 7. The molecule has 14 heteroatoms. The number of alkyl carbamates (subject to hydrolysis) is 1. The van der Waals surface area contributed by atoms with Crippen LogP contribution in [0, 0.1) is 5.92 Å².